The third-order valence-corrected chi connectivity index (χ3v) is 5.21. The normalized spacial score (nSPS) is 14.4. The van der Waals surface area contributed by atoms with Gasteiger partial charge in [-0.1, -0.05) is 19.9 Å². The minimum atomic E-state index is -3.95. The summed E-state index contributed by atoms with van der Waals surface area (Å²) in [5.74, 6) is 0.0104. The number of hydrogen-bond acceptors (Lipinski definition) is 5. The molecule has 1 atom stereocenters. The van der Waals surface area contributed by atoms with E-state index in [9.17, 15) is 16.8 Å². The van der Waals surface area contributed by atoms with Gasteiger partial charge in [0.2, 0.25) is 20.0 Å². The molecule has 1 aromatic carbocycles. The molecule has 1 unspecified atom stereocenters. The van der Waals surface area contributed by atoms with Gasteiger partial charge in [-0.25, -0.2) is 26.7 Å². The van der Waals surface area contributed by atoms with Crippen molar-refractivity contribution < 1.29 is 16.8 Å². The Morgan fingerprint density at radius 2 is 1.70 bits per heavy atom. The molecule has 9 heteroatoms. The van der Waals surface area contributed by atoms with Gasteiger partial charge >= 0.3 is 0 Å². The van der Waals surface area contributed by atoms with E-state index in [2.05, 4.69) is 4.72 Å². The first-order valence-corrected chi connectivity index (χ1v) is 8.96. The molecule has 20 heavy (non-hydrogen) atoms. The molecule has 0 aliphatic rings. The van der Waals surface area contributed by atoms with E-state index >= 15 is 0 Å². The summed E-state index contributed by atoms with van der Waals surface area (Å²) in [6.45, 7) is 3.81. The lowest BCUT2D eigenvalue weighted by atomic mass is 10.1. The second kappa shape index (κ2) is 6.19. The zero-order valence-electron chi connectivity index (χ0n) is 11.3. The quantitative estimate of drug-likeness (QED) is 0.655. The lowest BCUT2D eigenvalue weighted by molar-refractivity contribution is 0.454. The van der Waals surface area contributed by atoms with Crippen LogP contribution in [0.1, 0.15) is 13.8 Å². The Kier molecular flexibility index (Phi) is 5.27. The number of benzene rings is 1. The van der Waals surface area contributed by atoms with Crippen LogP contribution in [0.15, 0.2) is 34.1 Å². The molecule has 0 fully saturated rings. The van der Waals surface area contributed by atoms with Crippen LogP contribution in [0.25, 0.3) is 0 Å². The minimum Gasteiger partial charge on any atom is -0.329 e. The molecule has 0 heterocycles. The average Bonchev–Trinajstić information content (AvgIpc) is 2.35. The first kappa shape index (κ1) is 17.1. The molecule has 0 amide bonds. The van der Waals surface area contributed by atoms with E-state index in [-0.39, 0.29) is 22.3 Å². The number of rotatable bonds is 6. The highest BCUT2D eigenvalue weighted by molar-refractivity contribution is 7.90. The van der Waals surface area contributed by atoms with Crippen LogP contribution in [0.4, 0.5) is 0 Å². The monoisotopic (exact) mass is 321 g/mol. The van der Waals surface area contributed by atoms with Crippen LogP contribution in [-0.4, -0.2) is 29.4 Å². The van der Waals surface area contributed by atoms with Gasteiger partial charge in [-0.15, -0.1) is 0 Å². The fraction of sp³-hybridized carbons (Fsp3) is 0.455. The Hall–Kier alpha value is -1.00. The Balaban J connectivity index is 3.17. The van der Waals surface area contributed by atoms with Crippen LogP contribution < -0.4 is 15.6 Å². The Labute approximate surface area is 119 Å². The van der Waals surface area contributed by atoms with Crippen LogP contribution >= 0.6 is 0 Å². The van der Waals surface area contributed by atoms with Gasteiger partial charge in [-0.3, -0.25) is 0 Å². The molecule has 7 nitrogen and oxygen atoms in total. The highest BCUT2D eigenvalue weighted by Gasteiger charge is 2.22. The highest BCUT2D eigenvalue weighted by Crippen LogP contribution is 2.15. The number of nitrogens with one attached hydrogen (secondary N) is 1. The Morgan fingerprint density at radius 3 is 2.15 bits per heavy atom. The fourth-order valence-electron chi connectivity index (χ4n) is 1.54. The van der Waals surface area contributed by atoms with Gasteiger partial charge in [-0.05, 0) is 24.1 Å². The van der Waals surface area contributed by atoms with Crippen molar-refractivity contribution in [3.63, 3.8) is 0 Å². The largest absolute Gasteiger partial charge is 0.329 e. The summed E-state index contributed by atoms with van der Waals surface area (Å²) in [6.07, 6.45) is 0. The summed E-state index contributed by atoms with van der Waals surface area (Å²) in [4.78, 5) is -0.419. The van der Waals surface area contributed by atoms with Gasteiger partial charge in [-0.2, -0.15) is 0 Å². The zero-order valence-corrected chi connectivity index (χ0v) is 12.9. The maximum absolute atomic E-state index is 12.2. The number of nitrogens with two attached hydrogens (primary N) is 2. The maximum Gasteiger partial charge on any atom is 0.240 e. The summed E-state index contributed by atoms with van der Waals surface area (Å²) in [5, 5.41) is 4.98. The molecule has 0 bridgehead atoms. The van der Waals surface area contributed by atoms with Gasteiger partial charge in [0.1, 0.15) is 0 Å². The fourth-order valence-corrected chi connectivity index (χ4v) is 3.62. The van der Waals surface area contributed by atoms with E-state index in [4.69, 9.17) is 10.9 Å². The topological polar surface area (TPSA) is 132 Å². The maximum atomic E-state index is 12.2. The molecule has 0 aromatic heterocycles. The van der Waals surface area contributed by atoms with E-state index in [1.165, 1.54) is 18.2 Å². The summed E-state index contributed by atoms with van der Waals surface area (Å²) in [6, 6.07) is 4.44. The average molecular weight is 321 g/mol. The van der Waals surface area contributed by atoms with Crippen molar-refractivity contribution in [2.24, 2.45) is 16.8 Å². The van der Waals surface area contributed by atoms with Crippen LogP contribution in [-0.2, 0) is 20.0 Å². The van der Waals surface area contributed by atoms with E-state index < -0.39 is 26.1 Å². The van der Waals surface area contributed by atoms with Crippen molar-refractivity contribution in [1.29, 1.82) is 0 Å². The van der Waals surface area contributed by atoms with Gasteiger partial charge < -0.3 is 5.73 Å². The van der Waals surface area contributed by atoms with Gasteiger partial charge in [0.25, 0.3) is 0 Å². The predicted molar refractivity (Wildman–Crippen MR) is 75.8 cm³/mol. The Bertz CT molecular complexity index is 669. The van der Waals surface area contributed by atoms with Crippen LogP contribution in [0.3, 0.4) is 0 Å². The van der Waals surface area contributed by atoms with Crippen LogP contribution in [0, 0.1) is 5.92 Å². The molecule has 1 aromatic rings. The zero-order chi connectivity index (χ0) is 15.6. The molecule has 0 saturated heterocycles. The van der Waals surface area contributed by atoms with E-state index in [0.29, 0.717) is 0 Å². The highest BCUT2D eigenvalue weighted by atomic mass is 32.2. The number of primary sulfonamides is 1. The van der Waals surface area contributed by atoms with Crippen molar-refractivity contribution >= 4 is 20.0 Å². The molecule has 5 N–H and O–H groups in total. The second-order valence-electron chi connectivity index (χ2n) is 4.73. The SMILES string of the molecule is CC(C)C(CN)NS(=O)(=O)c1cccc(S(N)(=O)=O)c1. The molecule has 0 saturated carbocycles. The van der Waals surface area contributed by atoms with Gasteiger partial charge in [0.15, 0.2) is 0 Å². The lowest BCUT2D eigenvalue weighted by Gasteiger charge is -2.20. The summed E-state index contributed by atoms with van der Waals surface area (Å²) in [7, 11) is -7.80. The lowest BCUT2D eigenvalue weighted by Crippen LogP contribution is -2.43. The third-order valence-electron chi connectivity index (χ3n) is 2.81. The molecule has 114 valence electrons. The molecule has 0 radical (unpaired) electrons. The van der Waals surface area contributed by atoms with Crippen molar-refractivity contribution in [3.05, 3.63) is 24.3 Å². The standard InChI is InChI=1S/C11H19N3O4S2/c1-8(2)11(7-12)14-20(17,18)10-5-3-4-9(6-10)19(13,15)16/h3-6,8,11,14H,7,12H2,1-2H3,(H2,13,15,16). The molecule has 0 spiro atoms. The molecule has 1 rings (SSSR count). The summed E-state index contributed by atoms with van der Waals surface area (Å²) >= 11 is 0. The minimum absolute atomic E-state index is 0.0104. The number of hydrogen-bond donors (Lipinski definition) is 3. The summed E-state index contributed by atoms with van der Waals surface area (Å²) < 4.78 is 49.3. The number of sulfonamides is 2. The van der Waals surface area contributed by atoms with Gasteiger partial charge in [0.05, 0.1) is 9.79 Å². The van der Waals surface area contributed by atoms with Crippen LogP contribution in [0.2, 0.25) is 0 Å². The van der Waals surface area contributed by atoms with Crippen molar-refractivity contribution in [2.75, 3.05) is 6.54 Å². The third kappa shape index (κ3) is 4.25. The van der Waals surface area contributed by atoms with Crippen molar-refractivity contribution in [2.45, 2.75) is 29.7 Å². The van der Waals surface area contributed by atoms with Crippen molar-refractivity contribution in [3.8, 4) is 0 Å². The van der Waals surface area contributed by atoms with Gasteiger partial charge in [0, 0.05) is 12.6 Å². The van der Waals surface area contributed by atoms with E-state index in [0.717, 1.165) is 6.07 Å². The summed E-state index contributed by atoms with van der Waals surface area (Å²) in [5.41, 5.74) is 5.52. The smallest absolute Gasteiger partial charge is 0.240 e. The van der Waals surface area contributed by atoms with Crippen molar-refractivity contribution in [1.82, 2.24) is 4.72 Å². The van der Waals surface area contributed by atoms with E-state index in [1.54, 1.807) is 0 Å². The van der Waals surface area contributed by atoms with E-state index in [1.807, 2.05) is 13.8 Å². The first-order valence-electron chi connectivity index (χ1n) is 5.93. The molecular formula is C11H19N3O4S2. The second-order valence-corrected chi connectivity index (χ2v) is 8.00. The first-order chi connectivity index (χ1) is 9.08. The van der Waals surface area contributed by atoms with Crippen LogP contribution in [0.5, 0.6) is 0 Å². The molecule has 0 aliphatic heterocycles. The predicted octanol–water partition coefficient (Wildman–Crippen LogP) is -0.404. The molecular weight excluding hydrogens is 302 g/mol. The molecule has 0 aliphatic carbocycles. The Morgan fingerprint density at radius 1 is 1.15 bits per heavy atom.